The van der Waals surface area contributed by atoms with Crippen LogP contribution in [0.15, 0.2) is 12.2 Å². The number of hydrogen-bond acceptors (Lipinski definition) is 2. The summed E-state index contributed by atoms with van der Waals surface area (Å²) < 4.78 is 4.52. The molecule has 13 heavy (non-hydrogen) atoms. The fourth-order valence-corrected chi connectivity index (χ4v) is 1.17. The lowest BCUT2D eigenvalue weighted by atomic mass is 9.99. The Bertz CT molecular complexity index is 157. The van der Waals surface area contributed by atoms with Crippen molar-refractivity contribution in [2.75, 3.05) is 7.11 Å². The Morgan fingerprint density at radius 3 is 2.38 bits per heavy atom. The van der Waals surface area contributed by atoms with Gasteiger partial charge in [-0.15, -0.1) is 0 Å². The molecule has 0 aliphatic rings. The van der Waals surface area contributed by atoms with Gasteiger partial charge in [-0.25, -0.2) is 0 Å². The van der Waals surface area contributed by atoms with Gasteiger partial charge in [0.15, 0.2) is 0 Å². The van der Waals surface area contributed by atoms with Crippen LogP contribution in [0.25, 0.3) is 0 Å². The van der Waals surface area contributed by atoms with Gasteiger partial charge in [0.05, 0.1) is 13.5 Å². The van der Waals surface area contributed by atoms with E-state index in [9.17, 15) is 4.79 Å². The lowest BCUT2D eigenvalue weighted by molar-refractivity contribution is -0.139. The molecule has 0 aromatic rings. The summed E-state index contributed by atoms with van der Waals surface area (Å²) in [6, 6.07) is 0. The van der Waals surface area contributed by atoms with Crippen LogP contribution in [0.4, 0.5) is 0 Å². The highest BCUT2D eigenvalue weighted by Crippen LogP contribution is 2.12. The molecule has 0 bridgehead atoms. The second kappa shape index (κ2) is 7.84. The van der Waals surface area contributed by atoms with Crippen LogP contribution in [0, 0.1) is 5.92 Å². The molecule has 0 saturated heterocycles. The molecule has 0 aliphatic heterocycles. The molecule has 0 unspecified atom stereocenters. The summed E-state index contributed by atoms with van der Waals surface area (Å²) >= 11 is 0. The molecule has 0 spiro atoms. The largest absolute Gasteiger partial charge is 0.469 e. The van der Waals surface area contributed by atoms with E-state index in [0.717, 1.165) is 12.3 Å². The summed E-state index contributed by atoms with van der Waals surface area (Å²) in [5, 5.41) is 0. The predicted octanol–water partition coefficient (Wildman–Crippen LogP) is 2.93. The standard InChI is InChI=1S/C11H20O2/c1-4-10(5-2)8-6-7-9-11(12)13-3/h6-7,10H,4-5,8-9H2,1-3H3/b7-6+. The zero-order valence-corrected chi connectivity index (χ0v) is 8.88. The van der Waals surface area contributed by atoms with Gasteiger partial charge < -0.3 is 4.74 Å². The molecule has 0 aliphatic carbocycles. The highest BCUT2D eigenvalue weighted by molar-refractivity contribution is 5.70. The quantitative estimate of drug-likeness (QED) is 0.468. The third-order valence-corrected chi connectivity index (χ3v) is 2.30. The van der Waals surface area contributed by atoms with Gasteiger partial charge in [0.25, 0.3) is 0 Å². The minimum Gasteiger partial charge on any atom is -0.469 e. The molecule has 76 valence electrons. The molecule has 0 fully saturated rings. The molecular formula is C11H20O2. The number of carbonyl (C=O) groups excluding carboxylic acids is 1. The average Bonchev–Trinajstić information content (AvgIpc) is 2.18. The minimum atomic E-state index is -0.166. The van der Waals surface area contributed by atoms with Crippen molar-refractivity contribution >= 4 is 5.97 Å². The molecular weight excluding hydrogens is 164 g/mol. The Labute approximate surface area is 81.0 Å². The van der Waals surface area contributed by atoms with Crippen molar-refractivity contribution in [1.82, 2.24) is 0 Å². The lowest BCUT2D eigenvalue weighted by Crippen LogP contribution is -1.97. The van der Waals surface area contributed by atoms with Gasteiger partial charge in [0, 0.05) is 0 Å². The van der Waals surface area contributed by atoms with Crippen LogP contribution >= 0.6 is 0 Å². The number of carbonyl (C=O) groups is 1. The van der Waals surface area contributed by atoms with Crippen LogP contribution < -0.4 is 0 Å². The number of hydrogen-bond donors (Lipinski definition) is 0. The molecule has 0 saturated carbocycles. The van der Waals surface area contributed by atoms with Crippen molar-refractivity contribution < 1.29 is 9.53 Å². The molecule has 0 heterocycles. The predicted molar refractivity (Wildman–Crippen MR) is 54.5 cm³/mol. The van der Waals surface area contributed by atoms with Crippen LogP contribution in [-0.2, 0) is 9.53 Å². The maximum absolute atomic E-state index is 10.7. The fourth-order valence-electron chi connectivity index (χ4n) is 1.17. The first-order valence-corrected chi connectivity index (χ1v) is 4.96. The van der Waals surface area contributed by atoms with E-state index in [1.165, 1.54) is 20.0 Å². The van der Waals surface area contributed by atoms with Crippen molar-refractivity contribution in [1.29, 1.82) is 0 Å². The van der Waals surface area contributed by atoms with Gasteiger partial charge in [-0.3, -0.25) is 4.79 Å². The smallest absolute Gasteiger partial charge is 0.309 e. The zero-order valence-electron chi connectivity index (χ0n) is 8.88. The maximum Gasteiger partial charge on any atom is 0.309 e. The summed E-state index contributed by atoms with van der Waals surface area (Å²) in [5.74, 6) is 0.592. The van der Waals surface area contributed by atoms with Crippen LogP contribution in [-0.4, -0.2) is 13.1 Å². The lowest BCUT2D eigenvalue weighted by Gasteiger charge is -2.07. The first-order chi connectivity index (χ1) is 6.24. The van der Waals surface area contributed by atoms with E-state index >= 15 is 0 Å². The van der Waals surface area contributed by atoms with Gasteiger partial charge in [0.2, 0.25) is 0 Å². The topological polar surface area (TPSA) is 26.3 Å². The maximum atomic E-state index is 10.7. The van der Waals surface area contributed by atoms with E-state index in [1.54, 1.807) is 0 Å². The van der Waals surface area contributed by atoms with E-state index < -0.39 is 0 Å². The van der Waals surface area contributed by atoms with E-state index in [-0.39, 0.29) is 5.97 Å². The van der Waals surface area contributed by atoms with Gasteiger partial charge in [0.1, 0.15) is 0 Å². The van der Waals surface area contributed by atoms with Crippen LogP contribution in [0.5, 0.6) is 0 Å². The molecule has 0 amide bonds. The number of rotatable bonds is 6. The summed E-state index contributed by atoms with van der Waals surface area (Å²) in [6.07, 6.45) is 7.86. The zero-order chi connectivity index (χ0) is 10.1. The molecule has 2 heteroatoms. The second-order valence-electron chi connectivity index (χ2n) is 3.17. The summed E-state index contributed by atoms with van der Waals surface area (Å²) in [4.78, 5) is 10.7. The van der Waals surface area contributed by atoms with Gasteiger partial charge in [-0.1, -0.05) is 38.8 Å². The third kappa shape index (κ3) is 6.38. The SMILES string of the molecule is CCC(CC)C/C=C/CC(=O)OC. The van der Waals surface area contributed by atoms with Crippen LogP contribution in [0.2, 0.25) is 0 Å². The average molecular weight is 184 g/mol. The third-order valence-electron chi connectivity index (χ3n) is 2.30. The normalized spacial score (nSPS) is 11.1. The second-order valence-corrected chi connectivity index (χ2v) is 3.17. The Kier molecular flexibility index (Phi) is 7.36. The summed E-state index contributed by atoms with van der Waals surface area (Å²) in [7, 11) is 1.41. The molecule has 0 radical (unpaired) electrons. The summed E-state index contributed by atoms with van der Waals surface area (Å²) in [6.45, 7) is 4.39. The van der Waals surface area contributed by atoms with Crippen molar-refractivity contribution in [2.45, 2.75) is 39.5 Å². The molecule has 0 aromatic carbocycles. The first-order valence-electron chi connectivity index (χ1n) is 4.96. The summed E-state index contributed by atoms with van der Waals surface area (Å²) in [5.41, 5.74) is 0. The van der Waals surface area contributed by atoms with Gasteiger partial charge in [-0.05, 0) is 12.3 Å². The number of allylic oxidation sites excluding steroid dienone is 1. The Morgan fingerprint density at radius 2 is 1.92 bits per heavy atom. The van der Waals surface area contributed by atoms with E-state index in [2.05, 4.69) is 24.7 Å². The minimum absolute atomic E-state index is 0.166. The first kappa shape index (κ1) is 12.2. The molecule has 2 nitrogen and oxygen atoms in total. The number of methoxy groups -OCH3 is 1. The monoisotopic (exact) mass is 184 g/mol. The van der Waals surface area contributed by atoms with Crippen LogP contribution in [0.1, 0.15) is 39.5 Å². The van der Waals surface area contributed by atoms with E-state index in [0.29, 0.717) is 6.42 Å². The van der Waals surface area contributed by atoms with E-state index in [1.807, 2.05) is 6.08 Å². The van der Waals surface area contributed by atoms with Crippen molar-refractivity contribution in [3.63, 3.8) is 0 Å². The van der Waals surface area contributed by atoms with Crippen molar-refractivity contribution in [3.8, 4) is 0 Å². The van der Waals surface area contributed by atoms with Crippen molar-refractivity contribution in [3.05, 3.63) is 12.2 Å². The van der Waals surface area contributed by atoms with Crippen LogP contribution in [0.3, 0.4) is 0 Å². The highest BCUT2D eigenvalue weighted by Gasteiger charge is 1.99. The Morgan fingerprint density at radius 1 is 1.31 bits per heavy atom. The highest BCUT2D eigenvalue weighted by atomic mass is 16.5. The fraction of sp³-hybridized carbons (Fsp3) is 0.727. The number of esters is 1. The Hall–Kier alpha value is -0.790. The van der Waals surface area contributed by atoms with Gasteiger partial charge in [-0.2, -0.15) is 0 Å². The number of ether oxygens (including phenoxy) is 1. The Balaban J connectivity index is 3.55. The molecule has 0 aromatic heterocycles. The molecule has 0 N–H and O–H groups in total. The van der Waals surface area contributed by atoms with E-state index in [4.69, 9.17) is 0 Å². The van der Waals surface area contributed by atoms with Crippen molar-refractivity contribution in [2.24, 2.45) is 5.92 Å². The molecule has 0 rings (SSSR count). The molecule has 0 atom stereocenters. The van der Waals surface area contributed by atoms with Gasteiger partial charge >= 0.3 is 5.97 Å².